The highest BCUT2D eigenvalue weighted by atomic mass is 16.5. The van der Waals surface area contributed by atoms with Crippen LogP contribution in [0.15, 0.2) is 164 Å². The molecule has 0 aliphatic rings. The average Bonchev–Trinajstić information content (AvgIpc) is 3.88. The number of pyridine rings is 1. The number of imidazole rings is 1. The molecule has 3 heterocycles. The molecular weight excluding hydrogens is 889 g/mol. The van der Waals surface area contributed by atoms with Gasteiger partial charge in [0, 0.05) is 23.0 Å². The lowest BCUT2D eigenvalue weighted by Crippen LogP contribution is -2.35. The Kier molecular flexibility index (Phi) is 12.0. The number of para-hydroxylation sites is 1. The number of ether oxygens (including phenoxy) is 1. The summed E-state index contributed by atoms with van der Waals surface area (Å²) in [5.74, 6) is 2.36. The van der Waals surface area contributed by atoms with Crippen molar-refractivity contribution in [1.82, 2.24) is 14.1 Å². The topological polar surface area (TPSA) is 35.9 Å². The molecule has 7 aromatic carbocycles. The van der Waals surface area contributed by atoms with Crippen molar-refractivity contribution in [3.8, 4) is 50.9 Å². The summed E-state index contributed by atoms with van der Waals surface area (Å²) in [7, 11) is 0. The monoisotopic (exact) mass is 961 g/mol. The van der Waals surface area contributed by atoms with Crippen molar-refractivity contribution < 1.29 is 9.30 Å². The zero-order chi connectivity index (χ0) is 52.0. The van der Waals surface area contributed by atoms with Gasteiger partial charge in [0.1, 0.15) is 17.3 Å². The van der Waals surface area contributed by atoms with E-state index in [1.54, 1.807) is 0 Å². The zero-order valence-electron chi connectivity index (χ0n) is 45.8. The minimum atomic E-state index is -0.205. The lowest BCUT2D eigenvalue weighted by Gasteiger charge is -2.30. The van der Waals surface area contributed by atoms with Gasteiger partial charge in [-0.1, -0.05) is 201 Å². The van der Waals surface area contributed by atoms with Crippen molar-refractivity contribution in [3.63, 3.8) is 0 Å². The molecule has 0 aliphatic heterocycles. The quantitative estimate of drug-likeness (QED) is 0.118. The van der Waals surface area contributed by atoms with Crippen LogP contribution in [0, 0.1) is 6.33 Å². The van der Waals surface area contributed by atoms with Gasteiger partial charge in [-0.25, -0.2) is 4.98 Å². The van der Waals surface area contributed by atoms with Crippen LogP contribution in [0.5, 0.6) is 11.5 Å². The first kappa shape index (κ1) is 49.3. The summed E-state index contributed by atoms with van der Waals surface area (Å²) in [6, 6.07) is 57.8. The minimum Gasteiger partial charge on any atom is -0.458 e. The van der Waals surface area contributed by atoms with Gasteiger partial charge in [0.05, 0.1) is 33.4 Å². The predicted molar refractivity (Wildman–Crippen MR) is 307 cm³/mol. The number of aromatic nitrogens is 4. The van der Waals surface area contributed by atoms with Gasteiger partial charge in [0.25, 0.3) is 6.33 Å². The van der Waals surface area contributed by atoms with E-state index in [0.29, 0.717) is 0 Å². The van der Waals surface area contributed by atoms with Crippen molar-refractivity contribution in [2.75, 3.05) is 0 Å². The number of hydrogen-bond donors (Lipinski definition) is 0. The number of hydrogen-bond acceptors (Lipinski definition) is 2. The van der Waals surface area contributed by atoms with Crippen LogP contribution >= 0.6 is 0 Å². The second-order valence-electron chi connectivity index (χ2n) is 25.3. The lowest BCUT2D eigenvalue weighted by atomic mass is 9.77. The Balaban J connectivity index is 1.17. The maximum atomic E-state index is 6.91. The highest BCUT2D eigenvalue weighted by Gasteiger charge is 2.29. The number of benzene rings is 7. The Morgan fingerprint density at radius 1 is 0.438 bits per heavy atom. The normalized spacial score (nSPS) is 12.9. The number of fused-ring (bicyclic) bond motifs is 4. The summed E-state index contributed by atoms with van der Waals surface area (Å²) in [6.07, 6.45) is 5.92. The minimum absolute atomic E-state index is 0.0199. The maximum Gasteiger partial charge on any atom is 0.269 e. The van der Waals surface area contributed by atoms with E-state index in [2.05, 4.69) is 276 Å². The third-order valence-electron chi connectivity index (χ3n) is 14.6. The average molecular weight is 961 g/mol. The van der Waals surface area contributed by atoms with Crippen LogP contribution in [0.1, 0.15) is 132 Å². The summed E-state index contributed by atoms with van der Waals surface area (Å²) in [5, 5.41) is 2.32. The second-order valence-corrected chi connectivity index (χ2v) is 25.3. The molecule has 0 amide bonds. The molecule has 3 aromatic heterocycles. The molecule has 0 radical (unpaired) electrons. The van der Waals surface area contributed by atoms with E-state index in [4.69, 9.17) is 9.72 Å². The van der Waals surface area contributed by atoms with Gasteiger partial charge in [-0.3, -0.25) is 13.7 Å². The van der Waals surface area contributed by atoms with E-state index in [0.717, 1.165) is 61.7 Å². The van der Waals surface area contributed by atoms with Crippen molar-refractivity contribution in [3.05, 3.63) is 198 Å². The summed E-state index contributed by atoms with van der Waals surface area (Å²) < 4.78 is 13.7. The van der Waals surface area contributed by atoms with E-state index in [-0.39, 0.29) is 27.1 Å². The molecule has 0 saturated carbocycles. The fourth-order valence-corrected chi connectivity index (χ4v) is 10.2. The molecule has 0 unspecified atom stereocenters. The van der Waals surface area contributed by atoms with E-state index in [1.807, 2.05) is 12.3 Å². The van der Waals surface area contributed by atoms with Gasteiger partial charge in [-0.2, -0.15) is 0 Å². The van der Waals surface area contributed by atoms with E-state index in [1.165, 1.54) is 49.9 Å². The summed E-state index contributed by atoms with van der Waals surface area (Å²) >= 11 is 0. The van der Waals surface area contributed by atoms with Crippen LogP contribution in [-0.2, 0) is 27.1 Å². The molecule has 0 atom stereocenters. The van der Waals surface area contributed by atoms with Gasteiger partial charge in [0.15, 0.2) is 0 Å². The second kappa shape index (κ2) is 17.8. The number of nitrogens with zero attached hydrogens (tertiary/aromatic N) is 4. The molecule has 10 aromatic rings. The highest BCUT2D eigenvalue weighted by molar-refractivity contribution is 6.09. The van der Waals surface area contributed by atoms with E-state index < -0.39 is 0 Å². The molecule has 370 valence electrons. The molecule has 0 fully saturated rings. The Labute approximate surface area is 434 Å². The smallest absolute Gasteiger partial charge is 0.269 e. The van der Waals surface area contributed by atoms with E-state index in [9.17, 15) is 0 Å². The molecule has 0 saturated heterocycles. The van der Waals surface area contributed by atoms with Crippen molar-refractivity contribution >= 4 is 32.8 Å². The van der Waals surface area contributed by atoms with Crippen LogP contribution in [0.3, 0.4) is 0 Å². The summed E-state index contributed by atoms with van der Waals surface area (Å²) in [5.41, 5.74) is 17.2. The lowest BCUT2D eigenvalue weighted by molar-refractivity contribution is -0.572. The van der Waals surface area contributed by atoms with Gasteiger partial charge in [-0.15, -0.1) is 0 Å². The molecule has 73 heavy (non-hydrogen) atoms. The Hall–Kier alpha value is -7.24. The van der Waals surface area contributed by atoms with Crippen LogP contribution in [-0.4, -0.2) is 14.1 Å². The Bertz CT molecular complexity index is 3720. The largest absolute Gasteiger partial charge is 0.458 e. The first-order valence-corrected chi connectivity index (χ1v) is 26.0. The van der Waals surface area contributed by atoms with Gasteiger partial charge < -0.3 is 4.74 Å². The molecule has 0 bridgehead atoms. The Morgan fingerprint density at radius 2 is 1.08 bits per heavy atom. The van der Waals surface area contributed by atoms with E-state index >= 15 is 0 Å². The highest BCUT2D eigenvalue weighted by Crippen LogP contribution is 2.42. The standard InChI is InChI=1S/C68H72N4O/c1-64(2,3)47-29-26-44(27-30-47)45-28-33-59-61(37-45)70(43-71(59)63-56(46-20-18-21-48(36-46)65(4,5)6)38-50(67(10,11)12)39-57(63)68(13,14)15)51-22-19-23-52(41-51)73-53-31-32-55-54-24-16-17-25-58(54)72(60(55)42-53)62-40-49(34-35-69-62)66(7,8)9/h16-42H,1-15H3. The van der Waals surface area contributed by atoms with Gasteiger partial charge >= 0.3 is 0 Å². The summed E-state index contributed by atoms with van der Waals surface area (Å²) in [4.78, 5) is 4.93. The van der Waals surface area contributed by atoms with Crippen molar-refractivity contribution in [1.29, 1.82) is 0 Å². The molecule has 0 aliphatic carbocycles. The molecule has 5 nitrogen and oxygen atoms in total. The first-order chi connectivity index (χ1) is 34.3. The zero-order valence-corrected chi connectivity index (χ0v) is 45.8. The summed E-state index contributed by atoms with van der Waals surface area (Å²) in [6.45, 7) is 34.4. The SMILES string of the molecule is CC(C)(C)c1ccc(-c2ccc3c(c2)n(-c2cccc(Oc4ccc5c6ccccc6n(-c6cc(C(C)(C)C)ccn6)c5c4)c2)[c-][n+]3-c2c(-c3cccc(C(C)(C)C)c3)cc(C(C)(C)C)cc2C(C)(C)C)cc1. The maximum absolute atomic E-state index is 6.91. The molecule has 0 N–H and O–H groups in total. The molecular formula is C68H72N4O. The van der Waals surface area contributed by atoms with Crippen LogP contribution < -0.4 is 9.30 Å². The predicted octanol–water partition coefficient (Wildman–Crippen LogP) is 17.8. The van der Waals surface area contributed by atoms with Gasteiger partial charge in [-0.05, 0) is 132 Å². The molecule has 5 heteroatoms. The fraction of sp³-hybridized carbons (Fsp3) is 0.294. The third kappa shape index (κ3) is 9.51. The van der Waals surface area contributed by atoms with Crippen molar-refractivity contribution in [2.45, 2.75) is 131 Å². The molecule has 10 rings (SSSR count). The fourth-order valence-electron chi connectivity index (χ4n) is 10.2. The van der Waals surface area contributed by atoms with Gasteiger partial charge in [0.2, 0.25) is 0 Å². The van der Waals surface area contributed by atoms with Crippen molar-refractivity contribution in [2.24, 2.45) is 0 Å². The van der Waals surface area contributed by atoms with Crippen LogP contribution in [0.4, 0.5) is 0 Å². The Morgan fingerprint density at radius 3 is 1.78 bits per heavy atom. The number of rotatable bonds is 7. The first-order valence-electron chi connectivity index (χ1n) is 26.0. The third-order valence-corrected chi connectivity index (χ3v) is 14.6. The van der Waals surface area contributed by atoms with Crippen LogP contribution in [0.2, 0.25) is 0 Å². The molecule has 0 spiro atoms. The van der Waals surface area contributed by atoms with Crippen LogP contribution in [0.25, 0.3) is 72.3 Å².